The van der Waals surface area contributed by atoms with Gasteiger partial charge in [-0.3, -0.25) is 9.59 Å². The van der Waals surface area contributed by atoms with Crippen LogP contribution in [0.15, 0.2) is 41.8 Å². The first-order valence-corrected chi connectivity index (χ1v) is 10.8. The van der Waals surface area contributed by atoms with Gasteiger partial charge in [0.05, 0.1) is 18.9 Å². The Balaban J connectivity index is 1.62. The molecule has 5 nitrogen and oxygen atoms in total. The van der Waals surface area contributed by atoms with Gasteiger partial charge in [-0.2, -0.15) is 0 Å². The summed E-state index contributed by atoms with van der Waals surface area (Å²) >= 11 is 0. The van der Waals surface area contributed by atoms with Crippen LogP contribution in [-0.2, 0) is 20.7 Å². The number of anilines is 1. The zero-order valence-corrected chi connectivity index (χ0v) is 17.8. The van der Waals surface area contributed by atoms with Gasteiger partial charge in [0.1, 0.15) is 11.6 Å². The van der Waals surface area contributed by atoms with Crippen LogP contribution in [0.5, 0.6) is 5.75 Å². The summed E-state index contributed by atoms with van der Waals surface area (Å²) in [6.45, 7) is 4.98. The number of para-hydroxylation sites is 1. The number of amides is 1. The molecule has 0 aromatic heterocycles. The highest BCUT2D eigenvalue weighted by atomic mass is 19.1. The van der Waals surface area contributed by atoms with E-state index in [4.69, 9.17) is 9.47 Å². The van der Waals surface area contributed by atoms with E-state index in [0.29, 0.717) is 50.3 Å². The number of allylic oxidation sites excluding steroid dienone is 3. The van der Waals surface area contributed by atoms with Crippen LogP contribution in [0.2, 0.25) is 0 Å². The number of esters is 1. The van der Waals surface area contributed by atoms with Gasteiger partial charge in [0.15, 0.2) is 0 Å². The molecule has 1 aromatic carbocycles. The van der Waals surface area contributed by atoms with E-state index in [1.54, 1.807) is 13.0 Å². The number of carbonyl (C=O) groups excluding carboxylic acids is 2. The summed E-state index contributed by atoms with van der Waals surface area (Å²) in [5.74, 6) is 0.0736. The van der Waals surface area contributed by atoms with Crippen LogP contribution in [0.1, 0.15) is 51.5 Å². The van der Waals surface area contributed by atoms with E-state index < -0.39 is 0 Å². The molecule has 1 amide bonds. The third-order valence-corrected chi connectivity index (χ3v) is 5.50. The highest BCUT2D eigenvalue weighted by Gasteiger charge is 2.26. The van der Waals surface area contributed by atoms with E-state index in [2.05, 4.69) is 0 Å². The summed E-state index contributed by atoms with van der Waals surface area (Å²) in [4.78, 5) is 25.7. The highest BCUT2D eigenvalue weighted by molar-refractivity contribution is 5.96. The van der Waals surface area contributed by atoms with E-state index in [9.17, 15) is 14.0 Å². The lowest BCUT2D eigenvalue weighted by Gasteiger charge is -2.31. The van der Waals surface area contributed by atoms with Crippen LogP contribution >= 0.6 is 0 Å². The number of rotatable bonds is 8. The molecule has 0 radical (unpaired) electrons. The Morgan fingerprint density at radius 3 is 2.83 bits per heavy atom. The van der Waals surface area contributed by atoms with Gasteiger partial charge in [0.2, 0.25) is 5.91 Å². The molecule has 30 heavy (non-hydrogen) atoms. The number of ether oxygens (including phenoxy) is 2. The number of nitrogens with zero attached hydrogens (tertiary/aromatic N) is 1. The molecule has 0 saturated carbocycles. The zero-order valence-electron chi connectivity index (χ0n) is 17.8. The summed E-state index contributed by atoms with van der Waals surface area (Å²) in [7, 11) is 0. The van der Waals surface area contributed by atoms with Crippen LogP contribution in [-0.4, -0.2) is 31.6 Å². The quantitative estimate of drug-likeness (QED) is 0.567. The molecule has 0 bridgehead atoms. The second kappa shape index (κ2) is 10.4. The average molecular weight is 416 g/mol. The molecule has 0 saturated heterocycles. The summed E-state index contributed by atoms with van der Waals surface area (Å²) < 4.78 is 25.5. The lowest BCUT2D eigenvalue weighted by molar-refractivity contribution is -0.143. The number of halogens is 1. The molecule has 6 heteroatoms. The van der Waals surface area contributed by atoms with Crippen LogP contribution in [0.3, 0.4) is 0 Å². The predicted octanol–water partition coefficient (Wildman–Crippen LogP) is 4.90. The van der Waals surface area contributed by atoms with E-state index in [0.717, 1.165) is 24.1 Å². The number of fused-ring (bicyclic) bond motifs is 1. The van der Waals surface area contributed by atoms with Gasteiger partial charge in [-0.1, -0.05) is 25.1 Å². The SMILES string of the molecule is CCOC(=O)CCC1=CCC(COc2cccc3c2N(C(=O)CC)CCC3)C=C1F. The maximum Gasteiger partial charge on any atom is 0.306 e. The number of hydrogen-bond acceptors (Lipinski definition) is 4. The van der Waals surface area contributed by atoms with Gasteiger partial charge in [-0.15, -0.1) is 0 Å². The summed E-state index contributed by atoms with van der Waals surface area (Å²) in [5.41, 5.74) is 2.53. The smallest absolute Gasteiger partial charge is 0.306 e. The van der Waals surface area contributed by atoms with E-state index in [1.165, 1.54) is 0 Å². The molecule has 0 spiro atoms. The van der Waals surface area contributed by atoms with Gasteiger partial charge in [-0.25, -0.2) is 4.39 Å². The topological polar surface area (TPSA) is 55.8 Å². The molecule has 0 N–H and O–H groups in total. The van der Waals surface area contributed by atoms with Crippen molar-refractivity contribution >= 4 is 17.6 Å². The number of carbonyl (C=O) groups is 2. The lowest BCUT2D eigenvalue weighted by atomic mass is 9.94. The summed E-state index contributed by atoms with van der Waals surface area (Å²) in [6.07, 6.45) is 6.90. The lowest BCUT2D eigenvalue weighted by Crippen LogP contribution is -2.35. The maximum absolute atomic E-state index is 14.5. The molecule has 3 rings (SSSR count). The van der Waals surface area contributed by atoms with E-state index in [1.807, 2.05) is 36.1 Å². The minimum Gasteiger partial charge on any atom is -0.491 e. The second-order valence-corrected chi connectivity index (χ2v) is 7.62. The van der Waals surface area contributed by atoms with Crippen molar-refractivity contribution in [1.29, 1.82) is 0 Å². The van der Waals surface area contributed by atoms with Crippen LogP contribution in [0.25, 0.3) is 0 Å². The zero-order chi connectivity index (χ0) is 21.5. The molecular formula is C24H30FNO4. The van der Waals surface area contributed by atoms with E-state index in [-0.39, 0.29) is 30.0 Å². The van der Waals surface area contributed by atoms with Gasteiger partial charge >= 0.3 is 5.97 Å². The predicted molar refractivity (Wildman–Crippen MR) is 114 cm³/mol. The van der Waals surface area contributed by atoms with Gasteiger partial charge in [0.25, 0.3) is 0 Å². The van der Waals surface area contributed by atoms with Crippen molar-refractivity contribution in [2.24, 2.45) is 5.92 Å². The average Bonchev–Trinajstić information content (AvgIpc) is 2.76. The maximum atomic E-state index is 14.5. The Hall–Kier alpha value is -2.63. The van der Waals surface area contributed by atoms with Crippen molar-refractivity contribution in [2.75, 3.05) is 24.7 Å². The molecule has 162 valence electrons. The van der Waals surface area contributed by atoms with Crippen molar-refractivity contribution in [2.45, 2.75) is 52.4 Å². The van der Waals surface area contributed by atoms with Gasteiger partial charge < -0.3 is 14.4 Å². The summed E-state index contributed by atoms with van der Waals surface area (Å²) in [5, 5.41) is 0. The Morgan fingerprint density at radius 2 is 2.10 bits per heavy atom. The van der Waals surface area contributed by atoms with Gasteiger partial charge in [0, 0.05) is 25.3 Å². The number of aryl methyl sites for hydroxylation is 1. The van der Waals surface area contributed by atoms with Crippen LogP contribution in [0, 0.1) is 5.92 Å². The molecule has 1 heterocycles. The summed E-state index contributed by atoms with van der Waals surface area (Å²) in [6, 6.07) is 5.86. The van der Waals surface area contributed by atoms with Crippen molar-refractivity contribution in [3.63, 3.8) is 0 Å². The Kier molecular flexibility index (Phi) is 7.66. The molecule has 1 aliphatic heterocycles. The minimum absolute atomic E-state index is 0.0878. The van der Waals surface area contributed by atoms with Crippen molar-refractivity contribution in [1.82, 2.24) is 0 Å². The minimum atomic E-state index is -0.309. The standard InChI is InChI=1S/C24H30FNO4/c1-3-22(27)26-14-6-8-19-7-5-9-21(24(19)26)30-16-17-10-11-18(20(25)15-17)12-13-23(28)29-4-2/h5,7,9,11,15,17H,3-4,6,8,10,12-14,16H2,1-2H3. The first kappa shape index (κ1) is 22.1. The van der Waals surface area contributed by atoms with Crippen LogP contribution < -0.4 is 9.64 Å². The first-order valence-electron chi connectivity index (χ1n) is 10.8. The molecule has 1 unspecified atom stereocenters. The van der Waals surface area contributed by atoms with Crippen molar-refractivity contribution in [3.05, 3.63) is 47.3 Å². The largest absolute Gasteiger partial charge is 0.491 e. The Labute approximate surface area is 177 Å². The van der Waals surface area contributed by atoms with Crippen LogP contribution in [0.4, 0.5) is 10.1 Å². The highest BCUT2D eigenvalue weighted by Crippen LogP contribution is 2.37. The second-order valence-electron chi connectivity index (χ2n) is 7.62. The molecule has 0 fully saturated rings. The van der Waals surface area contributed by atoms with Gasteiger partial charge in [-0.05, 0) is 55.9 Å². The fourth-order valence-electron chi connectivity index (χ4n) is 3.95. The monoisotopic (exact) mass is 415 g/mol. The number of hydrogen-bond donors (Lipinski definition) is 0. The first-order chi connectivity index (χ1) is 14.5. The Morgan fingerprint density at radius 1 is 1.27 bits per heavy atom. The normalized spacial score (nSPS) is 18.2. The molecule has 1 aliphatic carbocycles. The molecule has 2 aliphatic rings. The fraction of sp³-hybridized carbons (Fsp3) is 0.500. The Bertz CT molecular complexity index is 846. The third-order valence-electron chi connectivity index (χ3n) is 5.50. The van der Waals surface area contributed by atoms with Crippen molar-refractivity contribution in [3.8, 4) is 5.75 Å². The third kappa shape index (κ3) is 5.29. The van der Waals surface area contributed by atoms with E-state index >= 15 is 0 Å². The number of benzene rings is 1. The molecule has 1 atom stereocenters. The molecule has 1 aromatic rings. The molecular weight excluding hydrogens is 385 g/mol. The fourth-order valence-corrected chi connectivity index (χ4v) is 3.95. The van der Waals surface area contributed by atoms with Crippen molar-refractivity contribution < 1.29 is 23.5 Å².